The Labute approximate surface area is 113 Å². The van der Waals surface area contributed by atoms with Crippen LogP contribution in [-0.2, 0) is 0 Å². The van der Waals surface area contributed by atoms with Gasteiger partial charge in [-0.25, -0.2) is 0 Å². The van der Waals surface area contributed by atoms with Crippen molar-refractivity contribution < 1.29 is 9.53 Å². The molecule has 0 unspecified atom stereocenters. The van der Waals surface area contributed by atoms with Gasteiger partial charge in [-0.15, -0.1) is 0 Å². The van der Waals surface area contributed by atoms with E-state index in [1.165, 1.54) is 0 Å². The third-order valence-corrected chi connectivity index (χ3v) is 2.80. The molecular weight excluding hydrogens is 238 g/mol. The Hall–Kier alpha value is -2.29. The third kappa shape index (κ3) is 3.35. The third-order valence-electron chi connectivity index (χ3n) is 2.80. The van der Waals surface area contributed by atoms with Crippen LogP contribution in [0, 0.1) is 6.92 Å². The molecule has 0 fully saturated rings. The van der Waals surface area contributed by atoms with Crippen LogP contribution >= 0.6 is 0 Å². The van der Waals surface area contributed by atoms with Gasteiger partial charge in [0.15, 0.2) is 0 Å². The van der Waals surface area contributed by atoms with E-state index in [2.05, 4.69) is 5.32 Å². The number of rotatable bonds is 4. The lowest BCUT2D eigenvalue weighted by Gasteiger charge is -2.09. The summed E-state index contributed by atoms with van der Waals surface area (Å²) in [6, 6.07) is 14.9. The molecule has 0 aliphatic heterocycles. The average molecular weight is 255 g/mol. The number of amides is 1. The van der Waals surface area contributed by atoms with Crippen LogP contribution in [0.15, 0.2) is 48.5 Å². The maximum absolute atomic E-state index is 12.2. The minimum Gasteiger partial charge on any atom is -0.494 e. The van der Waals surface area contributed by atoms with Gasteiger partial charge in [0.1, 0.15) is 5.75 Å². The Morgan fingerprint density at radius 2 is 1.95 bits per heavy atom. The van der Waals surface area contributed by atoms with Crippen molar-refractivity contribution >= 4 is 11.6 Å². The van der Waals surface area contributed by atoms with E-state index in [1.807, 2.05) is 50.2 Å². The number of ether oxygens (including phenoxy) is 1. The number of anilines is 1. The van der Waals surface area contributed by atoms with E-state index in [-0.39, 0.29) is 5.91 Å². The number of hydrogen-bond acceptors (Lipinski definition) is 2. The molecule has 3 heteroatoms. The molecule has 19 heavy (non-hydrogen) atoms. The van der Waals surface area contributed by atoms with Gasteiger partial charge in [0.25, 0.3) is 5.91 Å². The van der Waals surface area contributed by atoms with E-state index in [0.29, 0.717) is 17.9 Å². The summed E-state index contributed by atoms with van der Waals surface area (Å²) in [6.07, 6.45) is 0. The van der Waals surface area contributed by atoms with Gasteiger partial charge in [-0.2, -0.15) is 0 Å². The minimum atomic E-state index is -0.129. The van der Waals surface area contributed by atoms with Gasteiger partial charge in [-0.1, -0.05) is 24.3 Å². The molecular formula is C16H17NO2. The number of nitrogens with one attached hydrogen (secondary N) is 1. The van der Waals surface area contributed by atoms with Crippen molar-refractivity contribution in [3.05, 3.63) is 59.7 Å². The number of hydrogen-bond donors (Lipinski definition) is 1. The summed E-state index contributed by atoms with van der Waals surface area (Å²) in [5.41, 5.74) is 2.46. The molecule has 0 atom stereocenters. The second kappa shape index (κ2) is 6.05. The Bertz CT molecular complexity index is 578. The highest BCUT2D eigenvalue weighted by Crippen LogP contribution is 2.17. The first-order valence-electron chi connectivity index (χ1n) is 6.30. The first-order chi connectivity index (χ1) is 9.20. The van der Waals surface area contributed by atoms with Crippen molar-refractivity contribution in [1.82, 2.24) is 0 Å². The molecule has 98 valence electrons. The molecule has 0 bridgehead atoms. The molecule has 0 aromatic heterocycles. The smallest absolute Gasteiger partial charge is 0.255 e. The number of benzene rings is 2. The van der Waals surface area contributed by atoms with Crippen LogP contribution in [0.4, 0.5) is 5.69 Å². The van der Waals surface area contributed by atoms with E-state index in [9.17, 15) is 4.79 Å². The topological polar surface area (TPSA) is 38.3 Å². The van der Waals surface area contributed by atoms with Crippen LogP contribution in [0.2, 0.25) is 0 Å². The van der Waals surface area contributed by atoms with Crippen molar-refractivity contribution in [2.24, 2.45) is 0 Å². The molecule has 2 rings (SSSR count). The number of carbonyl (C=O) groups is 1. The van der Waals surface area contributed by atoms with Gasteiger partial charge in [-0.3, -0.25) is 4.79 Å². The quantitative estimate of drug-likeness (QED) is 0.905. The molecule has 0 aliphatic rings. The molecule has 2 aromatic rings. The van der Waals surface area contributed by atoms with E-state index in [1.54, 1.807) is 12.1 Å². The van der Waals surface area contributed by atoms with Crippen LogP contribution in [0.5, 0.6) is 5.75 Å². The Kier molecular flexibility index (Phi) is 4.18. The molecule has 1 N–H and O–H groups in total. The zero-order chi connectivity index (χ0) is 13.7. The molecule has 0 radical (unpaired) electrons. The normalized spacial score (nSPS) is 10.0. The Balaban J connectivity index is 2.16. The highest BCUT2D eigenvalue weighted by molar-refractivity contribution is 6.04. The lowest BCUT2D eigenvalue weighted by Crippen LogP contribution is -2.12. The van der Waals surface area contributed by atoms with Crippen LogP contribution in [0.3, 0.4) is 0 Å². The second-order valence-corrected chi connectivity index (χ2v) is 4.23. The summed E-state index contributed by atoms with van der Waals surface area (Å²) in [7, 11) is 0. The van der Waals surface area contributed by atoms with Crippen molar-refractivity contribution in [2.45, 2.75) is 13.8 Å². The zero-order valence-corrected chi connectivity index (χ0v) is 11.1. The first-order valence-corrected chi connectivity index (χ1v) is 6.30. The average Bonchev–Trinajstić information content (AvgIpc) is 2.42. The highest BCUT2D eigenvalue weighted by Gasteiger charge is 2.08. The fourth-order valence-electron chi connectivity index (χ4n) is 1.80. The van der Waals surface area contributed by atoms with Crippen LogP contribution in [0.1, 0.15) is 22.8 Å². The SMILES string of the molecule is CCOc1cccc(C(=O)Nc2ccccc2C)c1. The Morgan fingerprint density at radius 1 is 1.16 bits per heavy atom. The van der Waals surface area contributed by atoms with Crippen LogP contribution in [-0.4, -0.2) is 12.5 Å². The fourth-order valence-corrected chi connectivity index (χ4v) is 1.80. The second-order valence-electron chi connectivity index (χ2n) is 4.23. The van der Waals surface area contributed by atoms with Crippen LogP contribution < -0.4 is 10.1 Å². The van der Waals surface area contributed by atoms with Gasteiger partial charge in [-0.05, 0) is 43.7 Å². The van der Waals surface area contributed by atoms with Gasteiger partial charge in [0, 0.05) is 11.3 Å². The predicted octanol–water partition coefficient (Wildman–Crippen LogP) is 3.65. The molecule has 3 nitrogen and oxygen atoms in total. The van der Waals surface area contributed by atoms with Crippen molar-refractivity contribution in [1.29, 1.82) is 0 Å². The van der Waals surface area contributed by atoms with Crippen LogP contribution in [0.25, 0.3) is 0 Å². The minimum absolute atomic E-state index is 0.129. The van der Waals surface area contributed by atoms with Gasteiger partial charge < -0.3 is 10.1 Å². The number of aryl methyl sites for hydroxylation is 1. The maximum atomic E-state index is 12.2. The van der Waals surface area contributed by atoms with Crippen molar-refractivity contribution in [3.8, 4) is 5.75 Å². The summed E-state index contributed by atoms with van der Waals surface area (Å²) in [6.45, 7) is 4.47. The molecule has 2 aromatic carbocycles. The van der Waals surface area contributed by atoms with E-state index in [4.69, 9.17) is 4.74 Å². The van der Waals surface area contributed by atoms with Gasteiger partial charge >= 0.3 is 0 Å². The van der Waals surface area contributed by atoms with E-state index in [0.717, 1.165) is 11.3 Å². The molecule has 0 spiro atoms. The standard InChI is InChI=1S/C16H17NO2/c1-3-19-14-9-6-8-13(11-14)16(18)17-15-10-5-4-7-12(15)2/h4-11H,3H2,1-2H3,(H,17,18). The maximum Gasteiger partial charge on any atom is 0.255 e. The van der Waals surface area contributed by atoms with E-state index >= 15 is 0 Å². The zero-order valence-electron chi connectivity index (χ0n) is 11.1. The molecule has 0 aliphatic carbocycles. The molecule has 0 heterocycles. The lowest BCUT2D eigenvalue weighted by atomic mass is 10.1. The molecule has 0 saturated heterocycles. The monoisotopic (exact) mass is 255 g/mol. The summed E-state index contributed by atoms with van der Waals surface area (Å²) < 4.78 is 5.39. The van der Waals surface area contributed by atoms with Crippen molar-refractivity contribution in [2.75, 3.05) is 11.9 Å². The highest BCUT2D eigenvalue weighted by atomic mass is 16.5. The van der Waals surface area contributed by atoms with Gasteiger partial charge in [0.2, 0.25) is 0 Å². The number of para-hydroxylation sites is 1. The lowest BCUT2D eigenvalue weighted by molar-refractivity contribution is 0.102. The predicted molar refractivity (Wildman–Crippen MR) is 76.7 cm³/mol. The van der Waals surface area contributed by atoms with E-state index < -0.39 is 0 Å². The summed E-state index contributed by atoms with van der Waals surface area (Å²) in [5.74, 6) is 0.579. The summed E-state index contributed by atoms with van der Waals surface area (Å²) in [5, 5.41) is 2.90. The molecule has 1 amide bonds. The Morgan fingerprint density at radius 3 is 2.68 bits per heavy atom. The largest absolute Gasteiger partial charge is 0.494 e. The summed E-state index contributed by atoms with van der Waals surface area (Å²) in [4.78, 5) is 12.2. The molecule has 0 saturated carbocycles. The first kappa shape index (κ1) is 13.1. The number of carbonyl (C=O) groups excluding carboxylic acids is 1. The fraction of sp³-hybridized carbons (Fsp3) is 0.188. The van der Waals surface area contributed by atoms with Gasteiger partial charge in [0.05, 0.1) is 6.61 Å². The summed E-state index contributed by atoms with van der Waals surface area (Å²) >= 11 is 0. The van der Waals surface area contributed by atoms with Crippen molar-refractivity contribution in [3.63, 3.8) is 0 Å².